The van der Waals surface area contributed by atoms with Gasteiger partial charge in [0.25, 0.3) is 0 Å². The molecule has 3 atom stereocenters. The van der Waals surface area contributed by atoms with E-state index in [1.54, 1.807) is 0 Å². The number of carbonyl (C=O) groups is 2. The average molecular weight is 947 g/mol. The van der Waals surface area contributed by atoms with Crippen LogP contribution in [0.1, 0.15) is 342 Å². The molecule has 0 heterocycles. The molecule has 0 aromatic carbocycles. The second-order valence-corrected chi connectivity index (χ2v) is 21.1. The minimum atomic E-state index is -0.784. The summed E-state index contributed by atoms with van der Waals surface area (Å²) in [4.78, 5) is 26.3. The highest BCUT2D eigenvalue weighted by Gasteiger charge is 2.24. The molecule has 3 N–H and O–H groups in total. The molecule has 1 amide bonds. The smallest absolute Gasteiger partial charge is 0.306 e. The lowest BCUT2D eigenvalue weighted by Gasteiger charge is -2.24. The highest BCUT2D eigenvalue weighted by atomic mass is 16.5. The van der Waals surface area contributed by atoms with E-state index >= 15 is 0 Å². The van der Waals surface area contributed by atoms with E-state index < -0.39 is 18.2 Å². The first-order valence-corrected chi connectivity index (χ1v) is 30.4. The van der Waals surface area contributed by atoms with Crippen LogP contribution in [0.3, 0.4) is 0 Å². The predicted molar refractivity (Wildman–Crippen MR) is 292 cm³/mol. The van der Waals surface area contributed by atoms with Gasteiger partial charge in [0.2, 0.25) is 5.91 Å². The summed E-state index contributed by atoms with van der Waals surface area (Å²) in [6.45, 7) is 6.54. The molecule has 0 saturated heterocycles. The Morgan fingerprint density at radius 3 is 1.06 bits per heavy atom. The predicted octanol–water partition coefficient (Wildman–Crippen LogP) is 18.9. The Morgan fingerprint density at radius 1 is 0.418 bits per heavy atom. The highest BCUT2D eigenvalue weighted by Crippen LogP contribution is 2.19. The van der Waals surface area contributed by atoms with Gasteiger partial charge >= 0.3 is 5.97 Å². The quantitative estimate of drug-likeness (QED) is 0.0321. The fourth-order valence-corrected chi connectivity index (χ4v) is 9.72. The van der Waals surface area contributed by atoms with Crippen molar-refractivity contribution in [2.24, 2.45) is 0 Å². The largest absolute Gasteiger partial charge is 0.462 e. The van der Waals surface area contributed by atoms with Crippen LogP contribution in [-0.2, 0) is 14.3 Å². The van der Waals surface area contributed by atoms with Crippen LogP contribution in [0, 0.1) is 0 Å². The van der Waals surface area contributed by atoms with Gasteiger partial charge in [0.15, 0.2) is 0 Å². The number of esters is 1. The summed E-state index contributed by atoms with van der Waals surface area (Å²) in [5.74, 6) is -0.458. The lowest BCUT2D eigenvalue weighted by Crippen LogP contribution is -2.46. The van der Waals surface area contributed by atoms with Gasteiger partial charge in [-0.2, -0.15) is 0 Å². The number of amides is 1. The highest BCUT2D eigenvalue weighted by molar-refractivity contribution is 5.77. The zero-order chi connectivity index (χ0) is 48.8. The Hall–Kier alpha value is -1.40. The van der Waals surface area contributed by atoms with E-state index in [9.17, 15) is 19.8 Å². The van der Waals surface area contributed by atoms with Crippen molar-refractivity contribution in [3.8, 4) is 0 Å². The van der Waals surface area contributed by atoms with Crippen molar-refractivity contribution in [3.05, 3.63) is 12.2 Å². The van der Waals surface area contributed by atoms with Gasteiger partial charge in [0.05, 0.1) is 25.2 Å². The van der Waals surface area contributed by atoms with Crippen LogP contribution in [0.15, 0.2) is 12.2 Å². The van der Waals surface area contributed by atoms with Crippen molar-refractivity contribution in [1.82, 2.24) is 5.32 Å². The van der Waals surface area contributed by atoms with E-state index in [1.165, 1.54) is 244 Å². The van der Waals surface area contributed by atoms with E-state index in [0.717, 1.165) is 51.4 Å². The maximum absolute atomic E-state index is 13.3. The van der Waals surface area contributed by atoms with E-state index in [4.69, 9.17) is 4.74 Å². The van der Waals surface area contributed by atoms with E-state index in [1.807, 2.05) is 0 Å². The molecule has 6 heteroatoms. The molecule has 0 aliphatic carbocycles. The summed E-state index contributed by atoms with van der Waals surface area (Å²) in [6, 6.07) is -0.698. The van der Waals surface area contributed by atoms with Gasteiger partial charge in [-0.3, -0.25) is 9.59 Å². The fraction of sp³-hybridized carbons (Fsp3) is 0.934. The van der Waals surface area contributed by atoms with Crippen LogP contribution < -0.4 is 5.32 Å². The van der Waals surface area contributed by atoms with Gasteiger partial charge in [0.1, 0.15) is 6.10 Å². The molecule has 0 aliphatic rings. The number of hydrogen-bond acceptors (Lipinski definition) is 5. The van der Waals surface area contributed by atoms with Crippen LogP contribution >= 0.6 is 0 Å². The minimum absolute atomic E-state index is 0.0825. The summed E-state index contributed by atoms with van der Waals surface area (Å²) in [5, 5.41) is 23.9. The molecule has 0 saturated carbocycles. The zero-order valence-electron chi connectivity index (χ0n) is 45.6. The van der Waals surface area contributed by atoms with E-state index in [2.05, 4.69) is 38.2 Å². The van der Waals surface area contributed by atoms with Crippen molar-refractivity contribution >= 4 is 11.9 Å². The second-order valence-electron chi connectivity index (χ2n) is 21.1. The number of aliphatic hydroxyl groups is 2. The van der Waals surface area contributed by atoms with Crippen molar-refractivity contribution in [2.75, 3.05) is 6.61 Å². The van der Waals surface area contributed by atoms with Gasteiger partial charge in [-0.25, -0.2) is 0 Å². The number of nitrogens with one attached hydrogen (secondary N) is 1. The molecule has 0 fully saturated rings. The van der Waals surface area contributed by atoms with Crippen LogP contribution in [0.5, 0.6) is 0 Å². The molecule has 3 unspecified atom stereocenters. The normalized spacial score (nSPS) is 13.1. The molecule has 6 nitrogen and oxygen atoms in total. The van der Waals surface area contributed by atoms with Gasteiger partial charge in [-0.1, -0.05) is 290 Å². The summed E-state index contributed by atoms with van der Waals surface area (Å²) in [5.41, 5.74) is 0. The number of carbonyl (C=O) groups excluding carboxylic acids is 2. The van der Waals surface area contributed by atoms with Gasteiger partial charge < -0.3 is 20.3 Å². The molecular weight excluding hydrogens is 827 g/mol. The van der Waals surface area contributed by atoms with Gasteiger partial charge in [0, 0.05) is 6.42 Å². The Morgan fingerprint density at radius 2 is 0.716 bits per heavy atom. The maximum atomic E-state index is 13.3. The molecule has 0 rings (SSSR count). The van der Waals surface area contributed by atoms with Crippen LogP contribution in [0.2, 0.25) is 0 Å². The van der Waals surface area contributed by atoms with Crippen LogP contribution in [0.25, 0.3) is 0 Å². The van der Waals surface area contributed by atoms with Crippen LogP contribution in [0.4, 0.5) is 0 Å². The SMILES string of the molecule is CCCCCCCCCCC/C=C/CCCCCCCC(=O)OC(CCCCCCCCCCCCCCCCC)CC(=O)NC(CO)C(O)CCCCCCCCCCCCCCCCC. The third-order valence-corrected chi connectivity index (χ3v) is 14.3. The van der Waals surface area contributed by atoms with Crippen molar-refractivity contribution in [1.29, 1.82) is 0 Å². The topological polar surface area (TPSA) is 95.9 Å². The molecule has 0 aromatic rings. The molecular formula is C61H119NO5. The zero-order valence-corrected chi connectivity index (χ0v) is 45.6. The molecule has 398 valence electrons. The molecule has 67 heavy (non-hydrogen) atoms. The first-order chi connectivity index (χ1) is 33.0. The van der Waals surface area contributed by atoms with Gasteiger partial charge in [-0.15, -0.1) is 0 Å². The summed E-state index contributed by atoms with van der Waals surface area (Å²) in [7, 11) is 0. The van der Waals surface area contributed by atoms with Crippen molar-refractivity contribution in [3.63, 3.8) is 0 Å². The molecule has 0 aromatic heterocycles. The maximum Gasteiger partial charge on any atom is 0.306 e. The van der Waals surface area contributed by atoms with E-state index in [0.29, 0.717) is 19.3 Å². The van der Waals surface area contributed by atoms with Crippen molar-refractivity contribution < 1.29 is 24.5 Å². The summed E-state index contributed by atoms with van der Waals surface area (Å²) in [6.07, 6.45) is 64.2. The average Bonchev–Trinajstić information content (AvgIpc) is 3.32. The summed E-state index contributed by atoms with van der Waals surface area (Å²) >= 11 is 0. The molecule has 0 aliphatic heterocycles. The molecule has 0 spiro atoms. The number of aliphatic hydroxyl groups excluding tert-OH is 2. The first-order valence-electron chi connectivity index (χ1n) is 30.4. The minimum Gasteiger partial charge on any atom is -0.462 e. The van der Waals surface area contributed by atoms with Crippen molar-refractivity contribution in [2.45, 2.75) is 360 Å². The number of hydrogen-bond donors (Lipinski definition) is 3. The second kappa shape index (κ2) is 55.5. The standard InChI is InChI=1S/C61H119NO5/c1-4-7-10-13-16-19-22-25-28-29-30-33-36-39-42-45-48-51-54-61(66)67-57(52-49-46-43-40-37-34-31-26-23-20-17-14-11-8-5-2)55-60(65)62-58(56-63)59(64)53-50-47-44-41-38-35-32-27-24-21-18-15-12-9-6-3/h30,33,57-59,63-64H,4-29,31-32,34-56H2,1-3H3,(H,62,65)/b33-30+. The summed E-state index contributed by atoms with van der Waals surface area (Å²) < 4.78 is 5.98. The number of rotatable bonds is 56. The number of unbranched alkanes of at least 4 members (excludes halogenated alkanes) is 42. The Balaban J connectivity index is 4.50. The lowest BCUT2D eigenvalue weighted by atomic mass is 10.0. The third kappa shape index (κ3) is 50.8. The Labute approximate surface area is 419 Å². The lowest BCUT2D eigenvalue weighted by molar-refractivity contribution is -0.151. The molecule has 0 bridgehead atoms. The number of allylic oxidation sites excluding steroid dienone is 2. The Bertz CT molecular complexity index is 1020. The monoisotopic (exact) mass is 946 g/mol. The number of ether oxygens (including phenoxy) is 1. The third-order valence-electron chi connectivity index (χ3n) is 14.3. The van der Waals surface area contributed by atoms with Crippen LogP contribution in [-0.4, -0.2) is 46.9 Å². The van der Waals surface area contributed by atoms with Gasteiger partial charge in [-0.05, 0) is 51.4 Å². The Kier molecular flexibility index (Phi) is 54.4. The first kappa shape index (κ1) is 65.6. The van der Waals surface area contributed by atoms with E-state index in [-0.39, 0.29) is 24.9 Å². The fourth-order valence-electron chi connectivity index (χ4n) is 9.72. The molecule has 0 radical (unpaired) electrons.